The van der Waals surface area contributed by atoms with Gasteiger partial charge in [0.25, 0.3) is 0 Å². The first kappa shape index (κ1) is 15.8. The molecule has 1 aliphatic heterocycles. The maximum absolute atomic E-state index is 11.9. The second-order valence-electron chi connectivity index (χ2n) is 5.48. The van der Waals surface area contributed by atoms with Crippen LogP contribution in [-0.2, 0) is 14.3 Å². The second kappa shape index (κ2) is 6.75. The molecule has 6 heteroatoms. The lowest BCUT2D eigenvalue weighted by Crippen LogP contribution is -2.53. The quantitative estimate of drug-likeness (QED) is 0.719. The first-order valence-electron chi connectivity index (χ1n) is 6.67. The van der Waals surface area contributed by atoms with Gasteiger partial charge in [-0.3, -0.25) is 9.69 Å². The number of hydrogen-bond acceptors (Lipinski definition) is 4. The number of amides is 2. The minimum absolute atomic E-state index is 0.0585. The summed E-state index contributed by atoms with van der Waals surface area (Å²) in [6.45, 7) is 10.2. The van der Waals surface area contributed by atoms with Gasteiger partial charge in [-0.2, -0.15) is 0 Å². The van der Waals surface area contributed by atoms with E-state index in [2.05, 4.69) is 0 Å². The molecule has 0 spiro atoms. The van der Waals surface area contributed by atoms with Crippen LogP contribution in [0, 0.1) is 0 Å². The van der Waals surface area contributed by atoms with E-state index in [1.807, 2.05) is 27.7 Å². The molecular weight excluding hydrogens is 248 g/mol. The lowest BCUT2D eigenvalue weighted by molar-refractivity contribution is -0.136. The Hall–Kier alpha value is -1.30. The average molecular weight is 272 g/mol. The van der Waals surface area contributed by atoms with Crippen LogP contribution in [0.5, 0.6) is 0 Å². The van der Waals surface area contributed by atoms with E-state index in [0.29, 0.717) is 32.8 Å². The van der Waals surface area contributed by atoms with Crippen molar-refractivity contribution in [3.8, 4) is 0 Å². The van der Waals surface area contributed by atoms with Crippen molar-refractivity contribution in [2.24, 2.45) is 0 Å². The minimum atomic E-state index is -0.535. The minimum Gasteiger partial charge on any atom is -0.444 e. The number of ether oxygens (including phenoxy) is 2. The Morgan fingerprint density at radius 1 is 1.32 bits per heavy atom. The Balaban J connectivity index is 2.40. The highest BCUT2D eigenvalue weighted by molar-refractivity contribution is 5.83. The van der Waals surface area contributed by atoms with Crippen LogP contribution in [0.1, 0.15) is 27.7 Å². The zero-order valence-electron chi connectivity index (χ0n) is 12.3. The molecule has 1 fully saturated rings. The number of nitrogens with zero attached hydrogens (tertiary/aromatic N) is 2. The molecule has 0 bridgehead atoms. The van der Waals surface area contributed by atoms with Gasteiger partial charge in [-0.15, -0.1) is 0 Å². The number of carbonyl (C=O) groups is 2. The van der Waals surface area contributed by atoms with Crippen LogP contribution in [0.4, 0.5) is 4.79 Å². The standard InChI is InChI=1S/C13H24N2O4/c1-5-18-9-8-14-6-7-15(10-11(14)16)12(17)19-13(2,3)4/h5-10H2,1-4H3. The maximum atomic E-state index is 11.9. The first-order chi connectivity index (χ1) is 8.83. The largest absolute Gasteiger partial charge is 0.444 e. The molecule has 2 amide bonds. The highest BCUT2D eigenvalue weighted by Gasteiger charge is 2.29. The molecule has 0 saturated carbocycles. The van der Waals surface area contributed by atoms with Gasteiger partial charge in [-0.25, -0.2) is 4.79 Å². The first-order valence-corrected chi connectivity index (χ1v) is 6.67. The van der Waals surface area contributed by atoms with E-state index in [1.165, 1.54) is 4.90 Å². The van der Waals surface area contributed by atoms with Crippen molar-refractivity contribution < 1.29 is 19.1 Å². The fourth-order valence-electron chi connectivity index (χ4n) is 1.75. The molecule has 0 aromatic heterocycles. The molecule has 19 heavy (non-hydrogen) atoms. The topological polar surface area (TPSA) is 59.1 Å². The molecule has 1 aliphatic rings. The molecule has 0 unspecified atom stereocenters. The zero-order chi connectivity index (χ0) is 14.5. The van der Waals surface area contributed by atoms with E-state index >= 15 is 0 Å². The summed E-state index contributed by atoms with van der Waals surface area (Å²) in [5, 5.41) is 0. The van der Waals surface area contributed by atoms with Crippen LogP contribution in [-0.4, -0.2) is 66.8 Å². The number of piperazine rings is 1. The molecule has 1 rings (SSSR count). The fourth-order valence-corrected chi connectivity index (χ4v) is 1.75. The molecule has 0 aliphatic carbocycles. The summed E-state index contributed by atoms with van der Waals surface area (Å²) in [6.07, 6.45) is -0.426. The van der Waals surface area contributed by atoms with Crippen molar-refractivity contribution in [2.75, 3.05) is 39.4 Å². The summed E-state index contributed by atoms with van der Waals surface area (Å²) in [7, 11) is 0. The van der Waals surface area contributed by atoms with Gasteiger partial charge in [0.2, 0.25) is 5.91 Å². The predicted octanol–water partition coefficient (Wildman–Crippen LogP) is 1.10. The monoisotopic (exact) mass is 272 g/mol. The number of rotatable bonds is 4. The summed E-state index contributed by atoms with van der Waals surface area (Å²) in [4.78, 5) is 26.9. The Bertz CT molecular complexity index is 325. The van der Waals surface area contributed by atoms with E-state index in [9.17, 15) is 9.59 Å². The van der Waals surface area contributed by atoms with E-state index < -0.39 is 11.7 Å². The van der Waals surface area contributed by atoms with Crippen LogP contribution < -0.4 is 0 Å². The van der Waals surface area contributed by atoms with Gasteiger partial charge in [-0.1, -0.05) is 0 Å². The van der Waals surface area contributed by atoms with Crippen molar-refractivity contribution in [3.63, 3.8) is 0 Å². The molecule has 110 valence electrons. The van der Waals surface area contributed by atoms with Gasteiger partial charge in [0, 0.05) is 26.2 Å². The Morgan fingerprint density at radius 3 is 2.53 bits per heavy atom. The van der Waals surface area contributed by atoms with Gasteiger partial charge in [0.15, 0.2) is 0 Å². The molecule has 0 atom stereocenters. The Morgan fingerprint density at radius 2 is 2.00 bits per heavy atom. The summed E-state index contributed by atoms with van der Waals surface area (Å²) in [6, 6.07) is 0. The van der Waals surface area contributed by atoms with Crippen molar-refractivity contribution in [1.82, 2.24) is 9.80 Å². The summed E-state index contributed by atoms with van der Waals surface area (Å²) < 4.78 is 10.5. The number of carbonyl (C=O) groups excluding carboxylic acids is 2. The second-order valence-corrected chi connectivity index (χ2v) is 5.48. The predicted molar refractivity (Wildman–Crippen MR) is 70.9 cm³/mol. The normalized spacial score (nSPS) is 16.7. The molecule has 1 heterocycles. The third-order valence-electron chi connectivity index (χ3n) is 2.68. The van der Waals surface area contributed by atoms with Crippen LogP contribution in [0.3, 0.4) is 0 Å². The van der Waals surface area contributed by atoms with Gasteiger partial charge < -0.3 is 14.4 Å². The Kier molecular flexibility index (Phi) is 5.60. The lowest BCUT2D eigenvalue weighted by atomic mass is 10.2. The van der Waals surface area contributed by atoms with Gasteiger partial charge in [0.05, 0.1) is 6.61 Å². The maximum Gasteiger partial charge on any atom is 0.410 e. The van der Waals surface area contributed by atoms with Crippen LogP contribution in [0.25, 0.3) is 0 Å². The van der Waals surface area contributed by atoms with Crippen LogP contribution >= 0.6 is 0 Å². The van der Waals surface area contributed by atoms with Crippen molar-refractivity contribution in [2.45, 2.75) is 33.3 Å². The van der Waals surface area contributed by atoms with E-state index in [1.54, 1.807) is 4.90 Å². The third-order valence-corrected chi connectivity index (χ3v) is 2.68. The SMILES string of the molecule is CCOCCN1CCN(C(=O)OC(C)(C)C)CC1=O. The van der Waals surface area contributed by atoms with Crippen LogP contribution in [0.15, 0.2) is 0 Å². The van der Waals surface area contributed by atoms with Gasteiger partial charge in [0.1, 0.15) is 12.1 Å². The highest BCUT2D eigenvalue weighted by atomic mass is 16.6. The molecule has 0 radical (unpaired) electrons. The highest BCUT2D eigenvalue weighted by Crippen LogP contribution is 2.12. The van der Waals surface area contributed by atoms with Gasteiger partial charge in [-0.05, 0) is 27.7 Å². The van der Waals surface area contributed by atoms with E-state index in [4.69, 9.17) is 9.47 Å². The van der Waals surface area contributed by atoms with E-state index in [-0.39, 0.29) is 12.5 Å². The zero-order valence-corrected chi connectivity index (χ0v) is 12.3. The summed E-state index contributed by atoms with van der Waals surface area (Å²) in [5.41, 5.74) is -0.535. The van der Waals surface area contributed by atoms with Crippen LogP contribution in [0.2, 0.25) is 0 Å². The van der Waals surface area contributed by atoms with Crippen molar-refractivity contribution in [3.05, 3.63) is 0 Å². The van der Waals surface area contributed by atoms with E-state index in [0.717, 1.165) is 0 Å². The summed E-state index contributed by atoms with van der Waals surface area (Å²) >= 11 is 0. The Labute approximate surface area is 114 Å². The molecule has 0 aromatic rings. The lowest BCUT2D eigenvalue weighted by Gasteiger charge is -2.35. The molecule has 6 nitrogen and oxygen atoms in total. The molecule has 1 saturated heterocycles. The van der Waals surface area contributed by atoms with Crippen molar-refractivity contribution >= 4 is 12.0 Å². The smallest absolute Gasteiger partial charge is 0.410 e. The average Bonchev–Trinajstić information content (AvgIpc) is 2.29. The van der Waals surface area contributed by atoms with Gasteiger partial charge >= 0.3 is 6.09 Å². The molecular formula is C13H24N2O4. The molecule has 0 N–H and O–H groups in total. The molecule has 0 aromatic carbocycles. The fraction of sp³-hybridized carbons (Fsp3) is 0.846. The third kappa shape index (κ3) is 5.46. The van der Waals surface area contributed by atoms with Crippen molar-refractivity contribution in [1.29, 1.82) is 0 Å². The summed E-state index contributed by atoms with van der Waals surface area (Å²) in [5.74, 6) is -0.0585. The number of hydrogen-bond donors (Lipinski definition) is 0.